The van der Waals surface area contributed by atoms with Crippen molar-refractivity contribution in [1.29, 1.82) is 0 Å². The fourth-order valence-corrected chi connectivity index (χ4v) is 3.52. The predicted molar refractivity (Wildman–Crippen MR) is 101 cm³/mol. The van der Waals surface area contributed by atoms with Gasteiger partial charge < -0.3 is 14.8 Å². The number of hydrogen-bond acceptors (Lipinski definition) is 3. The minimum atomic E-state index is -0.216. The molecule has 0 saturated heterocycles. The van der Waals surface area contributed by atoms with Gasteiger partial charge in [-0.15, -0.1) is 11.3 Å². The Morgan fingerprint density at radius 2 is 1.92 bits per heavy atom. The third-order valence-corrected chi connectivity index (χ3v) is 4.97. The van der Waals surface area contributed by atoms with Gasteiger partial charge in [0.25, 0.3) is 5.91 Å². The van der Waals surface area contributed by atoms with E-state index in [1.165, 1.54) is 10.5 Å². The monoisotopic (exact) mass is 355 g/mol. The number of rotatable bonds is 6. The second kappa shape index (κ2) is 7.53. The Morgan fingerprint density at radius 3 is 2.64 bits per heavy atom. The lowest BCUT2D eigenvalue weighted by molar-refractivity contribution is -0.127. The molecule has 6 heteroatoms. The molecular weight excluding hydrogens is 334 g/mol. The van der Waals surface area contributed by atoms with Crippen LogP contribution < -0.4 is 5.32 Å². The van der Waals surface area contributed by atoms with Crippen LogP contribution in [0.25, 0.3) is 10.2 Å². The number of carbonyl (C=O) groups is 2. The normalized spacial score (nSPS) is 10.8. The van der Waals surface area contributed by atoms with Crippen LogP contribution in [0.1, 0.15) is 16.1 Å². The molecule has 25 heavy (non-hydrogen) atoms. The third kappa shape index (κ3) is 3.91. The van der Waals surface area contributed by atoms with E-state index in [1.807, 2.05) is 40.3 Å². The van der Waals surface area contributed by atoms with E-state index in [-0.39, 0.29) is 18.4 Å². The molecule has 0 radical (unpaired) electrons. The minimum Gasteiger partial charge on any atom is -0.347 e. The van der Waals surface area contributed by atoms with E-state index in [4.69, 9.17) is 0 Å². The highest BCUT2D eigenvalue weighted by atomic mass is 32.1. The number of thiophene rings is 1. The van der Waals surface area contributed by atoms with Crippen LogP contribution in [-0.2, 0) is 17.8 Å². The maximum absolute atomic E-state index is 12.6. The van der Waals surface area contributed by atoms with Gasteiger partial charge in [0.1, 0.15) is 5.69 Å². The quantitative estimate of drug-likeness (QED) is 0.739. The summed E-state index contributed by atoms with van der Waals surface area (Å²) in [5.41, 5.74) is 2.89. The Kier molecular flexibility index (Phi) is 5.19. The van der Waals surface area contributed by atoms with E-state index < -0.39 is 0 Å². The number of nitrogens with zero attached hydrogens (tertiary/aromatic N) is 2. The van der Waals surface area contributed by atoms with Crippen molar-refractivity contribution >= 4 is 33.4 Å². The van der Waals surface area contributed by atoms with E-state index in [0.717, 1.165) is 16.6 Å². The second-order valence-corrected chi connectivity index (χ2v) is 7.01. The summed E-state index contributed by atoms with van der Waals surface area (Å²) in [6.07, 6.45) is 0.845. The molecule has 0 saturated carbocycles. The summed E-state index contributed by atoms with van der Waals surface area (Å²) < 4.78 is 3.12. The molecule has 3 aromatic rings. The smallest absolute Gasteiger partial charge is 0.268 e. The minimum absolute atomic E-state index is 0.00332. The lowest BCUT2D eigenvalue weighted by Gasteiger charge is -2.13. The number of carbonyl (C=O) groups excluding carboxylic acids is 2. The van der Waals surface area contributed by atoms with Crippen LogP contribution in [0.4, 0.5) is 0 Å². The van der Waals surface area contributed by atoms with Crippen LogP contribution in [0.3, 0.4) is 0 Å². The SMILES string of the molecule is CN(C)C(=O)CNC(=O)c1cc2sccc2n1CCc1ccccc1. The Balaban J connectivity index is 1.79. The number of aryl methyl sites for hydroxylation is 2. The van der Waals surface area contributed by atoms with Crippen molar-refractivity contribution in [2.45, 2.75) is 13.0 Å². The van der Waals surface area contributed by atoms with E-state index in [0.29, 0.717) is 12.2 Å². The number of fused-ring (bicyclic) bond motifs is 1. The molecule has 2 aromatic heterocycles. The molecule has 130 valence electrons. The molecular formula is C19H21N3O2S. The molecule has 0 unspecified atom stereocenters. The maximum Gasteiger partial charge on any atom is 0.268 e. The van der Waals surface area contributed by atoms with Crippen LogP contribution in [0.15, 0.2) is 47.8 Å². The van der Waals surface area contributed by atoms with Crippen LogP contribution in [0, 0.1) is 0 Å². The summed E-state index contributed by atoms with van der Waals surface area (Å²) in [6, 6.07) is 14.1. The second-order valence-electron chi connectivity index (χ2n) is 6.06. The first-order chi connectivity index (χ1) is 12.1. The first-order valence-electron chi connectivity index (χ1n) is 8.15. The Bertz CT molecular complexity index is 881. The van der Waals surface area contributed by atoms with Gasteiger partial charge in [0.05, 0.1) is 16.8 Å². The zero-order chi connectivity index (χ0) is 17.8. The molecule has 0 fully saturated rings. The third-order valence-electron chi connectivity index (χ3n) is 4.12. The summed E-state index contributed by atoms with van der Waals surface area (Å²) in [4.78, 5) is 25.7. The van der Waals surface area contributed by atoms with Crippen molar-refractivity contribution in [2.75, 3.05) is 20.6 Å². The van der Waals surface area contributed by atoms with E-state index in [1.54, 1.807) is 25.4 Å². The molecule has 0 spiro atoms. The van der Waals surface area contributed by atoms with Gasteiger partial charge in [0.15, 0.2) is 0 Å². The summed E-state index contributed by atoms with van der Waals surface area (Å²) in [5.74, 6) is -0.343. The number of likely N-dealkylation sites (N-methyl/N-ethyl adjacent to an activating group) is 1. The molecule has 1 aromatic carbocycles. The highest BCUT2D eigenvalue weighted by Crippen LogP contribution is 2.25. The maximum atomic E-state index is 12.6. The van der Waals surface area contributed by atoms with Crippen LogP contribution in [-0.4, -0.2) is 41.9 Å². The first kappa shape index (κ1) is 17.2. The zero-order valence-corrected chi connectivity index (χ0v) is 15.2. The molecule has 2 heterocycles. The average Bonchev–Trinajstić information content (AvgIpc) is 3.19. The molecule has 2 amide bonds. The molecule has 0 aliphatic rings. The fourth-order valence-electron chi connectivity index (χ4n) is 2.70. The average molecular weight is 355 g/mol. The lowest BCUT2D eigenvalue weighted by atomic mass is 10.1. The van der Waals surface area contributed by atoms with Gasteiger partial charge in [-0.2, -0.15) is 0 Å². The van der Waals surface area contributed by atoms with E-state index in [9.17, 15) is 9.59 Å². The number of aromatic nitrogens is 1. The largest absolute Gasteiger partial charge is 0.347 e. The summed E-state index contributed by atoms with van der Waals surface area (Å²) in [6.45, 7) is 0.720. The van der Waals surface area contributed by atoms with Gasteiger partial charge in [-0.05, 0) is 29.5 Å². The molecule has 0 bridgehead atoms. The topological polar surface area (TPSA) is 54.3 Å². The Morgan fingerprint density at radius 1 is 1.16 bits per heavy atom. The molecule has 1 N–H and O–H groups in total. The summed E-state index contributed by atoms with van der Waals surface area (Å²) in [7, 11) is 3.35. The van der Waals surface area contributed by atoms with Crippen molar-refractivity contribution in [3.8, 4) is 0 Å². The Labute approximate surface area is 150 Å². The number of amides is 2. The van der Waals surface area contributed by atoms with Crippen LogP contribution in [0.2, 0.25) is 0 Å². The fraction of sp³-hybridized carbons (Fsp3) is 0.263. The molecule has 0 atom stereocenters. The van der Waals surface area contributed by atoms with Gasteiger partial charge in [-0.1, -0.05) is 30.3 Å². The molecule has 0 aliphatic carbocycles. The number of hydrogen-bond donors (Lipinski definition) is 1. The van der Waals surface area contributed by atoms with Crippen LogP contribution >= 0.6 is 11.3 Å². The van der Waals surface area contributed by atoms with Crippen molar-refractivity contribution < 1.29 is 9.59 Å². The van der Waals surface area contributed by atoms with E-state index in [2.05, 4.69) is 17.4 Å². The van der Waals surface area contributed by atoms with Gasteiger partial charge >= 0.3 is 0 Å². The van der Waals surface area contributed by atoms with Crippen molar-refractivity contribution in [1.82, 2.24) is 14.8 Å². The van der Waals surface area contributed by atoms with E-state index >= 15 is 0 Å². The van der Waals surface area contributed by atoms with Gasteiger partial charge in [-0.3, -0.25) is 9.59 Å². The van der Waals surface area contributed by atoms with Crippen molar-refractivity contribution in [2.24, 2.45) is 0 Å². The van der Waals surface area contributed by atoms with Gasteiger partial charge in [0, 0.05) is 20.6 Å². The number of nitrogens with one attached hydrogen (secondary N) is 1. The standard InChI is InChI=1S/C19H21N3O2S/c1-21(2)18(23)13-20-19(24)16-12-17-15(9-11-25-17)22(16)10-8-14-6-4-3-5-7-14/h3-7,9,11-12H,8,10,13H2,1-2H3,(H,20,24). The zero-order valence-electron chi connectivity index (χ0n) is 14.4. The van der Waals surface area contributed by atoms with Gasteiger partial charge in [-0.25, -0.2) is 0 Å². The lowest BCUT2D eigenvalue weighted by Crippen LogP contribution is -2.37. The van der Waals surface area contributed by atoms with Crippen molar-refractivity contribution in [3.63, 3.8) is 0 Å². The highest BCUT2D eigenvalue weighted by molar-refractivity contribution is 7.17. The molecule has 0 aliphatic heterocycles. The first-order valence-corrected chi connectivity index (χ1v) is 9.03. The highest BCUT2D eigenvalue weighted by Gasteiger charge is 2.17. The molecule has 3 rings (SSSR count). The summed E-state index contributed by atoms with van der Waals surface area (Å²) >= 11 is 1.61. The van der Waals surface area contributed by atoms with Gasteiger partial charge in [0.2, 0.25) is 5.91 Å². The summed E-state index contributed by atoms with van der Waals surface area (Å²) in [5, 5.41) is 4.75. The van der Waals surface area contributed by atoms with Crippen LogP contribution in [0.5, 0.6) is 0 Å². The Hall–Kier alpha value is -2.60. The van der Waals surface area contributed by atoms with Crippen molar-refractivity contribution in [3.05, 3.63) is 59.1 Å². The number of benzene rings is 1. The predicted octanol–water partition coefficient (Wildman–Crippen LogP) is 2.76. The molecule has 5 nitrogen and oxygen atoms in total.